The van der Waals surface area contributed by atoms with E-state index in [4.69, 9.17) is 4.74 Å². The van der Waals surface area contributed by atoms with Crippen LogP contribution in [0.15, 0.2) is 60.8 Å². The zero-order chi connectivity index (χ0) is 14.7. The molecule has 0 aliphatic heterocycles. The number of fused-ring (bicyclic) bond motifs is 1. The van der Waals surface area contributed by atoms with E-state index in [-0.39, 0.29) is 12.6 Å². The highest BCUT2D eigenvalue weighted by molar-refractivity contribution is 14.1. The molecule has 104 valence electrons. The molecule has 0 spiro atoms. The zero-order valence-corrected chi connectivity index (χ0v) is 13.3. The van der Waals surface area contributed by atoms with E-state index in [0.717, 1.165) is 20.0 Å². The van der Waals surface area contributed by atoms with Crippen molar-refractivity contribution in [2.24, 2.45) is 0 Å². The Morgan fingerprint density at radius 1 is 1.05 bits per heavy atom. The smallest absolute Gasteiger partial charge is 0.338 e. The van der Waals surface area contributed by atoms with Crippen LogP contribution in [0.25, 0.3) is 10.8 Å². The number of rotatable bonds is 3. The van der Waals surface area contributed by atoms with Crippen molar-refractivity contribution in [1.82, 2.24) is 4.98 Å². The first-order valence-corrected chi connectivity index (χ1v) is 7.56. The minimum absolute atomic E-state index is 0.283. The Hall–Kier alpha value is -1.95. The number of halogens is 1. The summed E-state index contributed by atoms with van der Waals surface area (Å²) >= 11 is 2.15. The number of benzene rings is 2. The lowest BCUT2D eigenvalue weighted by Crippen LogP contribution is -2.05. The molecule has 1 heterocycles. The number of hydrogen-bond acceptors (Lipinski definition) is 3. The lowest BCUT2D eigenvalue weighted by atomic mass is 10.1. The van der Waals surface area contributed by atoms with Crippen LogP contribution in [-0.4, -0.2) is 11.0 Å². The van der Waals surface area contributed by atoms with Crippen LogP contribution >= 0.6 is 22.6 Å². The van der Waals surface area contributed by atoms with Gasteiger partial charge in [0.25, 0.3) is 0 Å². The summed E-state index contributed by atoms with van der Waals surface area (Å²) in [5.74, 6) is -0.312. The number of pyridine rings is 1. The molecular weight excluding hydrogens is 377 g/mol. The fraction of sp³-hybridized carbons (Fsp3) is 0.0588. The molecule has 0 fully saturated rings. The zero-order valence-electron chi connectivity index (χ0n) is 11.1. The average Bonchev–Trinajstić information content (AvgIpc) is 2.53. The molecule has 3 nitrogen and oxygen atoms in total. The highest BCUT2D eigenvalue weighted by Crippen LogP contribution is 2.18. The second-order valence-electron chi connectivity index (χ2n) is 4.63. The first-order chi connectivity index (χ1) is 10.2. The molecule has 3 rings (SSSR count). The number of carbonyl (C=O) groups excluding carboxylic acids is 1. The van der Waals surface area contributed by atoms with Crippen LogP contribution in [0.1, 0.15) is 15.9 Å². The molecule has 3 aromatic rings. The van der Waals surface area contributed by atoms with Crippen LogP contribution in [0.3, 0.4) is 0 Å². The van der Waals surface area contributed by atoms with Gasteiger partial charge in [-0.15, -0.1) is 0 Å². The number of nitrogens with zero attached hydrogens (tertiary/aromatic N) is 1. The van der Waals surface area contributed by atoms with Gasteiger partial charge in [0.15, 0.2) is 0 Å². The number of hydrogen-bond donors (Lipinski definition) is 0. The van der Waals surface area contributed by atoms with Gasteiger partial charge in [-0.1, -0.05) is 36.4 Å². The number of ether oxygens (including phenoxy) is 1. The summed E-state index contributed by atoms with van der Waals surface area (Å²) in [7, 11) is 0. The Bertz CT molecular complexity index is 787. The second-order valence-corrected chi connectivity index (χ2v) is 5.74. The molecule has 0 atom stereocenters. The predicted octanol–water partition coefficient (Wildman–Crippen LogP) is 4.20. The first-order valence-electron chi connectivity index (χ1n) is 6.49. The van der Waals surface area contributed by atoms with Crippen molar-refractivity contribution in [1.29, 1.82) is 0 Å². The molecule has 0 saturated heterocycles. The molecule has 0 saturated carbocycles. The van der Waals surface area contributed by atoms with Crippen LogP contribution < -0.4 is 0 Å². The number of esters is 1. The Balaban J connectivity index is 1.78. The van der Waals surface area contributed by atoms with Gasteiger partial charge >= 0.3 is 5.97 Å². The van der Waals surface area contributed by atoms with E-state index in [1.165, 1.54) is 0 Å². The van der Waals surface area contributed by atoms with Crippen molar-refractivity contribution in [3.05, 3.63) is 75.6 Å². The fourth-order valence-electron chi connectivity index (χ4n) is 2.05. The molecule has 0 aliphatic rings. The van der Waals surface area contributed by atoms with E-state index < -0.39 is 0 Å². The quantitative estimate of drug-likeness (QED) is 0.383. The minimum Gasteiger partial charge on any atom is -0.457 e. The lowest BCUT2D eigenvalue weighted by Gasteiger charge is -2.06. The highest BCUT2D eigenvalue weighted by Gasteiger charge is 2.08. The molecular formula is C17H12INO2. The van der Waals surface area contributed by atoms with Crippen molar-refractivity contribution in [2.75, 3.05) is 0 Å². The van der Waals surface area contributed by atoms with Crippen molar-refractivity contribution < 1.29 is 9.53 Å². The van der Waals surface area contributed by atoms with Crippen LogP contribution in [0.5, 0.6) is 0 Å². The van der Waals surface area contributed by atoms with Crippen molar-refractivity contribution in [2.45, 2.75) is 6.61 Å². The SMILES string of the molecule is O=C(OCc1ccccc1)c1ccc2cnc(I)cc2c1. The average molecular weight is 389 g/mol. The first kappa shape index (κ1) is 14.0. The summed E-state index contributed by atoms with van der Waals surface area (Å²) < 4.78 is 6.23. The summed E-state index contributed by atoms with van der Waals surface area (Å²) in [6.07, 6.45) is 1.80. The third-order valence-corrected chi connectivity index (χ3v) is 3.73. The van der Waals surface area contributed by atoms with E-state index in [9.17, 15) is 4.79 Å². The molecule has 21 heavy (non-hydrogen) atoms. The topological polar surface area (TPSA) is 39.2 Å². The van der Waals surface area contributed by atoms with Gasteiger partial charge in [-0.05, 0) is 51.7 Å². The number of carbonyl (C=O) groups is 1. The third kappa shape index (κ3) is 3.39. The highest BCUT2D eigenvalue weighted by atomic mass is 127. The fourth-order valence-corrected chi connectivity index (χ4v) is 2.52. The maximum atomic E-state index is 12.1. The third-order valence-electron chi connectivity index (χ3n) is 3.14. The lowest BCUT2D eigenvalue weighted by molar-refractivity contribution is 0.0473. The van der Waals surface area contributed by atoms with Gasteiger partial charge < -0.3 is 4.74 Å². The van der Waals surface area contributed by atoms with Gasteiger partial charge in [-0.2, -0.15) is 0 Å². The molecule has 0 amide bonds. The Morgan fingerprint density at radius 3 is 2.67 bits per heavy atom. The Morgan fingerprint density at radius 2 is 1.86 bits per heavy atom. The van der Waals surface area contributed by atoms with Crippen molar-refractivity contribution in [3.63, 3.8) is 0 Å². The van der Waals surface area contributed by atoms with Crippen LogP contribution in [0.4, 0.5) is 0 Å². The standard InChI is InChI=1S/C17H12INO2/c18-16-9-15-8-13(6-7-14(15)10-19-16)17(20)21-11-12-4-2-1-3-5-12/h1-10H,11H2. The number of aromatic nitrogens is 1. The summed E-state index contributed by atoms with van der Waals surface area (Å²) in [6.45, 7) is 0.283. The predicted molar refractivity (Wildman–Crippen MR) is 90.0 cm³/mol. The molecule has 1 aromatic heterocycles. The molecule has 0 N–H and O–H groups in total. The molecule has 4 heteroatoms. The van der Waals surface area contributed by atoms with E-state index in [2.05, 4.69) is 27.6 Å². The monoisotopic (exact) mass is 389 g/mol. The van der Waals surface area contributed by atoms with Gasteiger partial charge in [0, 0.05) is 11.6 Å². The maximum Gasteiger partial charge on any atom is 0.338 e. The molecule has 0 aliphatic carbocycles. The van der Waals surface area contributed by atoms with E-state index >= 15 is 0 Å². The van der Waals surface area contributed by atoms with Crippen LogP contribution in [0.2, 0.25) is 0 Å². The Kier molecular flexibility index (Phi) is 4.15. The van der Waals surface area contributed by atoms with Gasteiger partial charge in [0.2, 0.25) is 0 Å². The van der Waals surface area contributed by atoms with E-state index in [1.807, 2.05) is 48.5 Å². The second kappa shape index (κ2) is 6.22. The Labute approximate surface area is 136 Å². The van der Waals surface area contributed by atoms with Gasteiger partial charge in [0.05, 0.1) is 5.56 Å². The van der Waals surface area contributed by atoms with Gasteiger partial charge in [-0.3, -0.25) is 0 Å². The summed E-state index contributed by atoms with van der Waals surface area (Å²) in [6, 6.07) is 17.1. The maximum absolute atomic E-state index is 12.1. The molecule has 0 unspecified atom stereocenters. The van der Waals surface area contributed by atoms with Crippen molar-refractivity contribution in [3.8, 4) is 0 Å². The van der Waals surface area contributed by atoms with E-state index in [0.29, 0.717) is 5.56 Å². The summed E-state index contributed by atoms with van der Waals surface area (Å²) in [5, 5.41) is 2.00. The van der Waals surface area contributed by atoms with Gasteiger partial charge in [-0.25, -0.2) is 9.78 Å². The minimum atomic E-state index is -0.312. The molecule has 0 bridgehead atoms. The van der Waals surface area contributed by atoms with Crippen molar-refractivity contribution >= 4 is 39.3 Å². The summed E-state index contributed by atoms with van der Waals surface area (Å²) in [5.41, 5.74) is 1.53. The largest absolute Gasteiger partial charge is 0.457 e. The van der Waals surface area contributed by atoms with Crippen LogP contribution in [0, 0.1) is 3.70 Å². The summed E-state index contributed by atoms with van der Waals surface area (Å²) in [4.78, 5) is 16.3. The molecule has 0 radical (unpaired) electrons. The van der Waals surface area contributed by atoms with Crippen LogP contribution in [-0.2, 0) is 11.3 Å². The normalized spacial score (nSPS) is 10.5. The van der Waals surface area contributed by atoms with E-state index in [1.54, 1.807) is 12.3 Å². The van der Waals surface area contributed by atoms with Gasteiger partial charge in [0.1, 0.15) is 10.3 Å². The molecule has 2 aromatic carbocycles.